The number of hydrogen-bond donors (Lipinski definition) is 2. The molecule has 0 aliphatic heterocycles. The zero-order valence-corrected chi connectivity index (χ0v) is 18.9. The summed E-state index contributed by atoms with van der Waals surface area (Å²) in [4.78, 5) is 12.9. The summed E-state index contributed by atoms with van der Waals surface area (Å²) in [5.74, 6) is -0.507. The van der Waals surface area contributed by atoms with Gasteiger partial charge < -0.3 is 29.6 Å². The second-order valence-electron chi connectivity index (χ2n) is 6.93. The lowest BCUT2D eigenvalue weighted by atomic mass is 10.2. The molecule has 172 valence electrons. The maximum Gasteiger partial charge on any atom is 0.270 e. The molecule has 0 aliphatic carbocycles. The van der Waals surface area contributed by atoms with E-state index in [-0.39, 0.29) is 27.8 Å². The van der Waals surface area contributed by atoms with Gasteiger partial charge in [0.05, 0.1) is 38.5 Å². The molecule has 1 heterocycles. The van der Waals surface area contributed by atoms with Crippen LogP contribution in [0.15, 0.2) is 47.5 Å². The van der Waals surface area contributed by atoms with E-state index in [2.05, 4.69) is 0 Å². The van der Waals surface area contributed by atoms with Gasteiger partial charge in [0.1, 0.15) is 6.04 Å². The lowest BCUT2D eigenvalue weighted by Crippen LogP contribution is -2.48. The number of nitrogens with zero attached hydrogens (tertiary/aromatic N) is 2. The Bertz CT molecular complexity index is 1230. The smallest absolute Gasteiger partial charge is 0.270 e. The highest BCUT2D eigenvalue weighted by molar-refractivity contribution is 7.93. The van der Waals surface area contributed by atoms with Crippen molar-refractivity contribution in [2.75, 3.05) is 32.2 Å². The van der Waals surface area contributed by atoms with Crippen LogP contribution in [0.4, 0.5) is 5.69 Å². The minimum Gasteiger partial charge on any atom is -0.493 e. The summed E-state index contributed by atoms with van der Waals surface area (Å²) in [7, 11) is 1.54. The van der Waals surface area contributed by atoms with E-state index in [1.165, 1.54) is 45.6 Å². The van der Waals surface area contributed by atoms with Gasteiger partial charge in [-0.1, -0.05) is 0 Å². The fourth-order valence-corrected chi connectivity index (χ4v) is 4.81. The van der Waals surface area contributed by atoms with Crippen LogP contribution in [0.25, 0.3) is 10.9 Å². The number of carbonyl (C=O) groups excluding carboxylic acids is 1. The summed E-state index contributed by atoms with van der Waals surface area (Å²) in [5, 5.41) is 10.1. The number of aliphatic hydroxyl groups is 1. The highest BCUT2D eigenvalue weighted by Gasteiger charge is 2.35. The van der Waals surface area contributed by atoms with Crippen molar-refractivity contribution >= 4 is 32.5 Å². The molecule has 0 saturated heterocycles. The van der Waals surface area contributed by atoms with Crippen molar-refractivity contribution < 1.29 is 32.5 Å². The highest BCUT2D eigenvalue weighted by atomic mass is 32.2. The normalized spacial score (nSPS) is 12.4. The number of nitrogens with two attached hydrogens (primary N) is 1. The zero-order chi connectivity index (χ0) is 23.6. The van der Waals surface area contributed by atoms with Crippen LogP contribution in [0.2, 0.25) is 0 Å². The Kier molecular flexibility index (Phi) is 6.63. The van der Waals surface area contributed by atoms with Gasteiger partial charge in [-0.05, 0) is 24.3 Å². The number of ether oxygens (including phenoxy) is 3. The maximum atomic E-state index is 13.6. The zero-order valence-electron chi connectivity index (χ0n) is 18.1. The molecule has 11 heteroatoms. The molecule has 1 amide bonds. The van der Waals surface area contributed by atoms with Crippen LogP contribution in [0.5, 0.6) is 17.2 Å². The molecule has 3 rings (SSSR count). The lowest BCUT2D eigenvalue weighted by molar-refractivity contribution is -0.119. The molecule has 10 nitrogen and oxygen atoms in total. The van der Waals surface area contributed by atoms with Crippen molar-refractivity contribution in [1.82, 2.24) is 4.57 Å². The van der Waals surface area contributed by atoms with Crippen molar-refractivity contribution in [3.63, 3.8) is 0 Å². The van der Waals surface area contributed by atoms with Gasteiger partial charge >= 0.3 is 0 Å². The Morgan fingerprint density at radius 1 is 1.09 bits per heavy atom. The van der Waals surface area contributed by atoms with Gasteiger partial charge in [-0.3, -0.25) is 4.79 Å². The number of aliphatic hydroxyl groups excluding tert-OH is 1. The SMILES string of the molecule is COc1cc(N(C(=O)[C@@H](N)CO)S(=O)(=O)c2ccc3c(ccn3C)c2)cc(OC)c1OC. The first-order chi connectivity index (χ1) is 15.2. The van der Waals surface area contributed by atoms with Crippen LogP contribution in [-0.4, -0.2) is 58.0 Å². The number of carbonyl (C=O) groups is 1. The lowest BCUT2D eigenvalue weighted by Gasteiger charge is -2.26. The molecule has 0 unspecified atom stereocenters. The van der Waals surface area contributed by atoms with Crippen molar-refractivity contribution in [1.29, 1.82) is 0 Å². The van der Waals surface area contributed by atoms with E-state index in [1.807, 2.05) is 11.6 Å². The van der Waals surface area contributed by atoms with Gasteiger partial charge in [0.25, 0.3) is 15.9 Å². The quantitative estimate of drug-likeness (QED) is 0.510. The predicted octanol–water partition coefficient (Wildman–Crippen LogP) is 1.25. The van der Waals surface area contributed by atoms with Gasteiger partial charge in [-0.15, -0.1) is 0 Å². The second kappa shape index (κ2) is 9.07. The van der Waals surface area contributed by atoms with Crippen molar-refractivity contribution in [2.24, 2.45) is 12.8 Å². The first-order valence-corrected chi connectivity index (χ1v) is 10.9. The van der Waals surface area contributed by atoms with E-state index >= 15 is 0 Å². The van der Waals surface area contributed by atoms with Crippen LogP contribution in [0, 0.1) is 0 Å². The van der Waals surface area contributed by atoms with Crippen LogP contribution >= 0.6 is 0 Å². The first kappa shape index (κ1) is 23.4. The largest absolute Gasteiger partial charge is 0.493 e. The number of anilines is 1. The van der Waals surface area contributed by atoms with Crippen LogP contribution in [0.1, 0.15) is 0 Å². The third-order valence-electron chi connectivity index (χ3n) is 4.99. The van der Waals surface area contributed by atoms with Crippen molar-refractivity contribution in [3.05, 3.63) is 42.6 Å². The maximum absolute atomic E-state index is 13.6. The number of amides is 1. The summed E-state index contributed by atoms with van der Waals surface area (Å²) in [5.41, 5.74) is 6.46. The summed E-state index contributed by atoms with van der Waals surface area (Å²) in [6.45, 7) is -0.743. The van der Waals surface area contributed by atoms with E-state index in [0.717, 1.165) is 5.52 Å². The van der Waals surface area contributed by atoms with Crippen molar-refractivity contribution in [2.45, 2.75) is 10.9 Å². The molecule has 0 saturated carbocycles. The number of benzene rings is 2. The fraction of sp³-hybridized carbons (Fsp3) is 0.286. The van der Waals surface area contributed by atoms with E-state index in [4.69, 9.17) is 19.9 Å². The van der Waals surface area contributed by atoms with Crippen molar-refractivity contribution in [3.8, 4) is 17.2 Å². The second-order valence-corrected chi connectivity index (χ2v) is 8.71. The Hall–Kier alpha value is -3.28. The minimum absolute atomic E-state index is 0.0819. The number of aryl methyl sites for hydroxylation is 1. The van der Waals surface area contributed by atoms with Crippen LogP contribution in [-0.2, 0) is 21.9 Å². The number of methoxy groups -OCH3 is 3. The summed E-state index contributed by atoms with van der Waals surface area (Å²) in [6.07, 6.45) is 1.80. The minimum atomic E-state index is -4.43. The van der Waals surface area contributed by atoms with E-state index in [1.54, 1.807) is 18.3 Å². The first-order valence-electron chi connectivity index (χ1n) is 9.50. The van der Waals surface area contributed by atoms with Gasteiger partial charge in [-0.25, -0.2) is 12.7 Å². The van der Waals surface area contributed by atoms with E-state index in [0.29, 0.717) is 9.69 Å². The fourth-order valence-electron chi connectivity index (χ4n) is 3.32. The molecule has 3 N–H and O–H groups in total. The molecule has 3 aromatic rings. The summed E-state index contributed by atoms with van der Waals surface area (Å²) in [6, 6.07) is 7.45. The summed E-state index contributed by atoms with van der Waals surface area (Å²) < 4.78 is 45.5. The standard InChI is InChI=1S/C21H25N3O7S/c1-23-8-7-13-9-15(5-6-17(13)23)32(27,28)24(21(26)16(22)12-25)14-10-18(29-2)20(31-4)19(11-14)30-3/h5-11,16,25H,12,22H2,1-4H3/t16-/m0/s1. The molecule has 0 radical (unpaired) electrons. The summed E-state index contributed by atoms with van der Waals surface area (Å²) >= 11 is 0. The number of fused-ring (bicyclic) bond motifs is 1. The van der Waals surface area contributed by atoms with Gasteiger partial charge in [0.2, 0.25) is 5.75 Å². The number of sulfonamides is 1. The number of rotatable bonds is 8. The monoisotopic (exact) mass is 463 g/mol. The molecular formula is C21H25N3O7S. The van der Waals surface area contributed by atoms with Crippen LogP contribution in [0.3, 0.4) is 0 Å². The molecule has 0 aliphatic rings. The Morgan fingerprint density at radius 3 is 2.25 bits per heavy atom. The third-order valence-corrected chi connectivity index (χ3v) is 6.71. The van der Waals surface area contributed by atoms with E-state index in [9.17, 15) is 18.3 Å². The Labute approximate surface area is 185 Å². The molecule has 0 bridgehead atoms. The Balaban J connectivity index is 2.25. The van der Waals surface area contributed by atoms with Gasteiger partial charge in [0, 0.05) is 36.3 Å². The Morgan fingerprint density at radius 2 is 1.72 bits per heavy atom. The average Bonchev–Trinajstić information content (AvgIpc) is 3.17. The molecular weight excluding hydrogens is 438 g/mol. The topological polar surface area (TPSA) is 133 Å². The molecule has 0 spiro atoms. The molecule has 0 fully saturated rings. The van der Waals surface area contributed by atoms with Crippen LogP contribution < -0.4 is 24.2 Å². The molecule has 2 aromatic carbocycles. The highest BCUT2D eigenvalue weighted by Crippen LogP contribution is 2.42. The molecule has 32 heavy (non-hydrogen) atoms. The number of hydrogen-bond acceptors (Lipinski definition) is 8. The average molecular weight is 464 g/mol. The third kappa shape index (κ3) is 3.97. The predicted molar refractivity (Wildman–Crippen MR) is 119 cm³/mol. The van der Waals surface area contributed by atoms with Gasteiger partial charge in [0.15, 0.2) is 11.5 Å². The molecule has 1 aromatic heterocycles. The number of aromatic nitrogens is 1. The molecule has 1 atom stereocenters. The van der Waals surface area contributed by atoms with Gasteiger partial charge in [-0.2, -0.15) is 0 Å². The van der Waals surface area contributed by atoms with E-state index < -0.39 is 28.6 Å².